The fourth-order valence-corrected chi connectivity index (χ4v) is 0.945. The van der Waals surface area contributed by atoms with Crippen LogP contribution >= 0.6 is 11.6 Å². The van der Waals surface area contributed by atoms with Gasteiger partial charge in [-0.2, -0.15) is 0 Å². The monoisotopic (exact) mass is 224 g/mol. The van der Waals surface area contributed by atoms with Crippen LogP contribution in [0.5, 0.6) is 0 Å². The van der Waals surface area contributed by atoms with Gasteiger partial charge in [-0.25, -0.2) is 0 Å². The van der Waals surface area contributed by atoms with Gasteiger partial charge in [0.05, 0.1) is 0 Å². The molecule has 0 aromatic rings. The third-order valence-corrected chi connectivity index (χ3v) is 2.05. The lowest BCUT2D eigenvalue weighted by Gasteiger charge is -2.08. The largest absolute Gasteiger partial charge is 0.537 e. The molecule has 0 aliphatic carbocycles. The molecule has 0 atom stereocenters. The first-order valence-electron chi connectivity index (χ1n) is 3.78. The van der Waals surface area contributed by atoms with Crippen molar-refractivity contribution < 1.29 is 14.6 Å². The van der Waals surface area contributed by atoms with Gasteiger partial charge in [-0.3, -0.25) is 20.2 Å². The number of carbonyl (C=O) groups is 1. The maximum absolute atomic E-state index is 10.5. The second-order valence-corrected chi connectivity index (χ2v) is 3.39. The molecule has 0 saturated carbocycles. The average molecular weight is 225 g/mol. The highest BCUT2D eigenvalue weighted by molar-refractivity contribution is 6.21. The Hall–Kier alpha value is -1.24. The summed E-state index contributed by atoms with van der Waals surface area (Å²) in [6, 6.07) is 0. The molecule has 0 aromatic heterocycles. The molecule has 0 amide bonds. The Morgan fingerprint density at radius 1 is 1.36 bits per heavy atom. The zero-order valence-electron chi connectivity index (χ0n) is 7.43. The van der Waals surface area contributed by atoms with E-state index in [0.717, 1.165) is 0 Å². The van der Waals surface area contributed by atoms with Crippen LogP contribution in [0.25, 0.3) is 0 Å². The van der Waals surface area contributed by atoms with Crippen molar-refractivity contribution in [2.45, 2.75) is 31.3 Å². The molecule has 0 rings (SSSR count). The minimum Gasteiger partial charge on any atom is -0.300 e. The van der Waals surface area contributed by atoms with Gasteiger partial charge in [-0.15, -0.1) is 0 Å². The zero-order valence-corrected chi connectivity index (χ0v) is 8.19. The molecular formula is C6H9ClN2O5. The molecule has 0 spiro atoms. The number of ketones is 1. The van der Waals surface area contributed by atoms with Crippen LogP contribution in [0.4, 0.5) is 0 Å². The van der Waals surface area contributed by atoms with Gasteiger partial charge < -0.3 is 4.79 Å². The maximum Gasteiger partial charge on any atom is 0.537 e. The Balaban J connectivity index is 4.32. The fraction of sp³-hybridized carbons (Fsp3) is 0.833. The summed E-state index contributed by atoms with van der Waals surface area (Å²) in [6.07, 6.45) is -0.384. The van der Waals surface area contributed by atoms with Crippen molar-refractivity contribution in [2.75, 3.05) is 0 Å². The van der Waals surface area contributed by atoms with E-state index in [0.29, 0.717) is 0 Å². The van der Waals surface area contributed by atoms with Crippen LogP contribution in [0, 0.1) is 20.2 Å². The van der Waals surface area contributed by atoms with E-state index in [1.54, 1.807) is 0 Å². The van der Waals surface area contributed by atoms with E-state index in [-0.39, 0.29) is 18.6 Å². The lowest BCUT2D eigenvalue weighted by Crippen LogP contribution is -2.40. The number of nitrogens with zero attached hydrogens (tertiary/aromatic N) is 2. The minimum absolute atomic E-state index is 0.0286. The van der Waals surface area contributed by atoms with E-state index in [4.69, 9.17) is 11.6 Å². The first-order chi connectivity index (χ1) is 6.30. The van der Waals surface area contributed by atoms with Crippen LogP contribution in [-0.2, 0) is 4.79 Å². The highest BCUT2D eigenvalue weighted by atomic mass is 35.5. The molecule has 0 aliphatic heterocycles. The molecule has 0 heterocycles. The molecule has 8 heteroatoms. The first-order valence-corrected chi connectivity index (χ1v) is 4.16. The molecule has 0 aliphatic rings. The predicted octanol–water partition coefficient (Wildman–Crippen LogP) is 1.19. The summed E-state index contributed by atoms with van der Waals surface area (Å²) in [4.78, 5) is 28.7. The quantitative estimate of drug-likeness (QED) is 0.222. The Labute approximate surface area is 84.3 Å². The van der Waals surface area contributed by atoms with Crippen molar-refractivity contribution >= 4 is 17.4 Å². The Bertz CT molecular complexity index is 253. The van der Waals surface area contributed by atoms with Crippen LogP contribution in [0.1, 0.15) is 26.2 Å². The van der Waals surface area contributed by atoms with Gasteiger partial charge in [-0.1, -0.05) is 0 Å². The second kappa shape index (κ2) is 4.85. The van der Waals surface area contributed by atoms with E-state index in [9.17, 15) is 25.0 Å². The number of hydrogen-bond acceptors (Lipinski definition) is 5. The molecule has 80 valence electrons. The minimum atomic E-state index is -2.70. The van der Waals surface area contributed by atoms with Crippen LogP contribution in [0.2, 0.25) is 0 Å². The van der Waals surface area contributed by atoms with Crippen molar-refractivity contribution in [3.05, 3.63) is 20.2 Å². The summed E-state index contributed by atoms with van der Waals surface area (Å²) >= 11 is 5.18. The first kappa shape index (κ1) is 12.8. The normalized spacial score (nSPS) is 11.0. The number of alkyl halides is 1. The van der Waals surface area contributed by atoms with Crippen LogP contribution in [0.3, 0.4) is 0 Å². The van der Waals surface area contributed by atoms with Crippen molar-refractivity contribution in [3.63, 3.8) is 0 Å². The lowest BCUT2D eigenvalue weighted by molar-refractivity contribution is -0.767. The van der Waals surface area contributed by atoms with E-state index in [1.165, 1.54) is 6.92 Å². The van der Waals surface area contributed by atoms with Crippen molar-refractivity contribution in [2.24, 2.45) is 0 Å². The molecule has 0 fully saturated rings. The molecule has 7 nitrogen and oxygen atoms in total. The average Bonchev–Trinajstić information content (AvgIpc) is 2.02. The highest BCUT2D eigenvalue weighted by Crippen LogP contribution is 2.23. The SMILES string of the molecule is CC(=O)CCCC(Cl)([N+](=O)[O-])[N+](=O)[O-]. The predicted molar refractivity (Wildman–Crippen MR) is 47.1 cm³/mol. The zero-order chi connectivity index (χ0) is 11.4. The molecule has 14 heavy (non-hydrogen) atoms. The number of carbonyl (C=O) groups excluding carboxylic acids is 1. The van der Waals surface area contributed by atoms with Crippen molar-refractivity contribution in [3.8, 4) is 0 Å². The Morgan fingerprint density at radius 3 is 2.07 bits per heavy atom. The molecule has 0 bridgehead atoms. The smallest absolute Gasteiger partial charge is 0.300 e. The molecular weight excluding hydrogens is 216 g/mol. The number of halogens is 1. The summed E-state index contributed by atoms with van der Waals surface area (Å²) in [5.74, 6) is -0.185. The number of rotatable bonds is 6. The highest BCUT2D eigenvalue weighted by Gasteiger charge is 2.53. The molecule has 0 aromatic carbocycles. The van der Waals surface area contributed by atoms with E-state index >= 15 is 0 Å². The summed E-state index contributed by atoms with van der Waals surface area (Å²) in [7, 11) is 0. The Morgan fingerprint density at radius 2 is 1.79 bits per heavy atom. The van der Waals surface area contributed by atoms with E-state index < -0.39 is 21.4 Å². The van der Waals surface area contributed by atoms with Crippen molar-refractivity contribution in [1.82, 2.24) is 0 Å². The fourth-order valence-electron chi connectivity index (χ4n) is 0.812. The summed E-state index contributed by atoms with van der Waals surface area (Å²) in [5, 5.41) is 17.9. The second-order valence-electron chi connectivity index (χ2n) is 2.79. The Kier molecular flexibility index (Phi) is 4.42. The topological polar surface area (TPSA) is 103 Å². The van der Waals surface area contributed by atoms with Crippen LogP contribution in [0.15, 0.2) is 0 Å². The van der Waals surface area contributed by atoms with Gasteiger partial charge in [0.2, 0.25) is 0 Å². The molecule has 0 unspecified atom stereocenters. The number of Topliss-reactive ketones (excluding diaryl/α,β-unsaturated/α-hetero) is 1. The summed E-state index contributed by atoms with van der Waals surface area (Å²) < 4.78 is 0. The van der Waals surface area contributed by atoms with Crippen molar-refractivity contribution in [1.29, 1.82) is 0 Å². The standard InChI is InChI=1S/C6H9ClN2O5/c1-5(10)3-2-4-6(7,8(11)12)9(13)14/h2-4H2,1H3. The summed E-state index contributed by atoms with van der Waals surface area (Å²) in [6.45, 7) is 1.30. The van der Waals surface area contributed by atoms with E-state index in [1.807, 2.05) is 0 Å². The lowest BCUT2D eigenvalue weighted by atomic mass is 10.1. The van der Waals surface area contributed by atoms with Gasteiger partial charge in [0.1, 0.15) is 22.1 Å². The van der Waals surface area contributed by atoms with Gasteiger partial charge in [0.25, 0.3) is 0 Å². The van der Waals surface area contributed by atoms with Gasteiger partial charge in [0.15, 0.2) is 0 Å². The third kappa shape index (κ3) is 3.25. The molecule has 0 radical (unpaired) electrons. The molecule has 0 saturated heterocycles. The van der Waals surface area contributed by atoms with Crippen LogP contribution in [-0.4, -0.2) is 20.8 Å². The summed E-state index contributed by atoms with van der Waals surface area (Å²) in [5.41, 5.74) is 0. The maximum atomic E-state index is 10.5. The molecule has 0 N–H and O–H groups in total. The third-order valence-electron chi connectivity index (χ3n) is 1.58. The van der Waals surface area contributed by atoms with Gasteiger partial charge >= 0.3 is 5.12 Å². The van der Waals surface area contributed by atoms with E-state index in [2.05, 4.69) is 0 Å². The van der Waals surface area contributed by atoms with Gasteiger partial charge in [0, 0.05) is 18.0 Å². The number of hydrogen-bond donors (Lipinski definition) is 0. The van der Waals surface area contributed by atoms with Gasteiger partial charge in [-0.05, 0) is 13.3 Å². The van der Waals surface area contributed by atoms with Crippen LogP contribution < -0.4 is 0 Å². The number of nitro groups is 2.